The first kappa shape index (κ1) is 13.8. The van der Waals surface area contributed by atoms with Crippen LogP contribution in [0.4, 0.5) is 5.69 Å². The van der Waals surface area contributed by atoms with Gasteiger partial charge in [-0.25, -0.2) is 0 Å². The van der Waals surface area contributed by atoms with Crippen molar-refractivity contribution in [1.29, 1.82) is 0 Å². The largest absolute Gasteiger partial charge is 0.469 e. The van der Waals surface area contributed by atoms with E-state index in [0.29, 0.717) is 17.3 Å². The highest BCUT2D eigenvalue weighted by molar-refractivity contribution is 6.34. The molecule has 6 heteroatoms. The summed E-state index contributed by atoms with van der Waals surface area (Å²) in [5.74, 6) is -1.69. The zero-order valence-corrected chi connectivity index (χ0v) is 12.6. The second-order valence-corrected chi connectivity index (χ2v) is 6.21. The Bertz CT molecular complexity index is 703. The number of carbonyl (C=O) groups is 2. The molecule has 2 bridgehead atoms. The molecule has 4 rings (SSSR count). The van der Waals surface area contributed by atoms with Crippen LogP contribution in [0.5, 0.6) is 0 Å². The topological polar surface area (TPSA) is 55.8 Å². The summed E-state index contributed by atoms with van der Waals surface area (Å²) in [7, 11) is 1.33. The summed E-state index contributed by atoms with van der Waals surface area (Å²) in [6.45, 7) is 0.362. The van der Waals surface area contributed by atoms with Crippen molar-refractivity contribution >= 4 is 29.2 Å². The fraction of sp³-hybridized carbons (Fsp3) is 0.375. The minimum Gasteiger partial charge on any atom is -0.469 e. The van der Waals surface area contributed by atoms with E-state index in [-0.39, 0.29) is 12.0 Å². The summed E-state index contributed by atoms with van der Waals surface area (Å²) in [6, 6.07) is 7.17. The first-order chi connectivity index (χ1) is 10.6. The first-order valence-electron chi connectivity index (χ1n) is 7.08. The van der Waals surface area contributed by atoms with Crippen LogP contribution in [-0.4, -0.2) is 37.2 Å². The Hall–Kier alpha value is -1.85. The maximum absolute atomic E-state index is 12.9. The third-order valence-electron chi connectivity index (χ3n) is 4.72. The van der Waals surface area contributed by atoms with Gasteiger partial charge < -0.3 is 14.4 Å². The lowest BCUT2D eigenvalue weighted by Gasteiger charge is -2.22. The van der Waals surface area contributed by atoms with Gasteiger partial charge >= 0.3 is 5.97 Å². The first-order valence-corrected chi connectivity index (χ1v) is 7.46. The fourth-order valence-electron chi connectivity index (χ4n) is 3.78. The van der Waals surface area contributed by atoms with Crippen LogP contribution in [0, 0.1) is 11.8 Å². The SMILES string of the molecule is COC(=O)[C@@H]1[C@H]2C(=O)N(c3ccccc3Cl)C[C@]23C=C[C@H]1O3. The van der Waals surface area contributed by atoms with Crippen LogP contribution >= 0.6 is 11.6 Å². The second kappa shape index (κ2) is 4.57. The molecule has 0 saturated carbocycles. The molecule has 5 nitrogen and oxygen atoms in total. The molecule has 0 radical (unpaired) electrons. The van der Waals surface area contributed by atoms with Crippen LogP contribution in [0.3, 0.4) is 0 Å². The van der Waals surface area contributed by atoms with E-state index in [1.807, 2.05) is 24.3 Å². The quantitative estimate of drug-likeness (QED) is 0.616. The smallest absolute Gasteiger partial charge is 0.312 e. The number of nitrogens with zero attached hydrogens (tertiary/aromatic N) is 1. The maximum atomic E-state index is 12.9. The lowest BCUT2D eigenvalue weighted by atomic mass is 9.77. The van der Waals surface area contributed by atoms with Crippen molar-refractivity contribution in [3.63, 3.8) is 0 Å². The Morgan fingerprint density at radius 2 is 2.23 bits per heavy atom. The number of para-hydroxylation sites is 1. The van der Waals surface area contributed by atoms with Crippen LogP contribution in [-0.2, 0) is 19.1 Å². The molecule has 0 unspecified atom stereocenters. The van der Waals surface area contributed by atoms with Crippen molar-refractivity contribution in [1.82, 2.24) is 0 Å². The van der Waals surface area contributed by atoms with Gasteiger partial charge in [-0.05, 0) is 12.1 Å². The van der Waals surface area contributed by atoms with Gasteiger partial charge in [0.25, 0.3) is 0 Å². The molecule has 3 aliphatic heterocycles. The fourth-order valence-corrected chi connectivity index (χ4v) is 4.02. The molecule has 3 aliphatic rings. The number of hydrogen-bond acceptors (Lipinski definition) is 4. The number of ether oxygens (including phenoxy) is 2. The average molecular weight is 320 g/mol. The van der Waals surface area contributed by atoms with E-state index in [1.54, 1.807) is 17.0 Å². The lowest BCUT2D eigenvalue weighted by molar-refractivity contribution is -0.149. The van der Waals surface area contributed by atoms with Crippen molar-refractivity contribution in [3.8, 4) is 0 Å². The minimum atomic E-state index is -0.750. The molecule has 0 N–H and O–H groups in total. The molecule has 2 saturated heterocycles. The molecule has 1 amide bonds. The van der Waals surface area contributed by atoms with Crippen LogP contribution in [0.15, 0.2) is 36.4 Å². The number of methoxy groups -OCH3 is 1. The summed E-state index contributed by atoms with van der Waals surface area (Å²) >= 11 is 6.21. The van der Waals surface area contributed by atoms with Crippen molar-refractivity contribution in [2.24, 2.45) is 11.8 Å². The summed E-state index contributed by atoms with van der Waals surface area (Å²) in [4.78, 5) is 26.6. The molecule has 4 atom stereocenters. The number of fused-ring (bicyclic) bond motifs is 1. The number of hydrogen-bond donors (Lipinski definition) is 0. The van der Waals surface area contributed by atoms with Gasteiger partial charge in [-0.1, -0.05) is 35.9 Å². The summed E-state index contributed by atoms with van der Waals surface area (Å²) in [5, 5.41) is 0.500. The van der Waals surface area contributed by atoms with Crippen molar-refractivity contribution in [3.05, 3.63) is 41.4 Å². The van der Waals surface area contributed by atoms with Gasteiger partial charge in [-0.2, -0.15) is 0 Å². The van der Waals surface area contributed by atoms with Gasteiger partial charge in [0, 0.05) is 0 Å². The van der Waals surface area contributed by atoms with Crippen LogP contribution in [0.1, 0.15) is 0 Å². The Morgan fingerprint density at radius 1 is 1.45 bits per heavy atom. The van der Waals surface area contributed by atoms with E-state index in [9.17, 15) is 9.59 Å². The molecule has 114 valence electrons. The highest BCUT2D eigenvalue weighted by Crippen LogP contribution is 2.53. The third-order valence-corrected chi connectivity index (χ3v) is 5.04. The van der Waals surface area contributed by atoms with E-state index in [1.165, 1.54) is 7.11 Å². The summed E-state index contributed by atoms with van der Waals surface area (Å²) < 4.78 is 10.8. The number of benzene rings is 1. The summed E-state index contributed by atoms with van der Waals surface area (Å²) in [6.07, 6.45) is 3.37. The van der Waals surface area contributed by atoms with Crippen molar-refractivity contribution in [2.75, 3.05) is 18.6 Å². The molecular formula is C16H14ClNO4. The molecule has 1 spiro atoms. The van der Waals surface area contributed by atoms with Gasteiger partial charge in [-0.3, -0.25) is 9.59 Å². The normalized spacial score (nSPS) is 35.1. The molecule has 2 fully saturated rings. The van der Waals surface area contributed by atoms with Crippen LogP contribution in [0.25, 0.3) is 0 Å². The third kappa shape index (κ3) is 1.63. The maximum Gasteiger partial charge on any atom is 0.312 e. The number of rotatable bonds is 2. The van der Waals surface area contributed by atoms with Crippen LogP contribution in [0.2, 0.25) is 5.02 Å². The Morgan fingerprint density at radius 3 is 2.95 bits per heavy atom. The number of amides is 1. The highest BCUT2D eigenvalue weighted by Gasteiger charge is 2.67. The van der Waals surface area contributed by atoms with Gasteiger partial charge in [0.1, 0.15) is 11.5 Å². The average Bonchev–Trinajstić information content (AvgIpc) is 3.15. The number of carbonyl (C=O) groups excluding carboxylic acids is 2. The highest BCUT2D eigenvalue weighted by atomic mass is 35.5. The molecule has 1 aromatic rings. The Balaban J connectivity index is 1.75. The molecule has 22 heavy (non-hydrogen) atoms. The van der Waals surface area contributed by atoms with Crippen molar-refractivity contribution in [2.45, 2.75) is 11.7 Å². The Labute approximate surface area is 132 Å². The minimum absolute atomic E-state index is 0.143. The van der Waals surface area contributed by atoms with E-state index in [2.05, 4.69) is 0 Å². The predicted molar refractivity (Wildman–Crippen MR) is 79.5 cm³/mol. The number of esters is 1. The zero-order chi connectivity index (χ0) is 15.5. The Kier molecular flexibility index (Phi) is 2.86. The van der Waals surface area contributed by atoms with E-state index in [4.69, 9.17) is 21.1 Å². The summed E-state index contributed by atoms with van der Waals surface area (Å²) in [5.41, 5.74) is -0.109. The van der Waals surface area contributed by atoms with E-state index < -0.39 is 23.4 Å². The lowest BCUT2D eigenvalue weighted by Crippen LogP contribution is -2.39. The van der Waals surface area contributed by atoms with Crippen LogP contribution < -0.4 is 4.90 Å². The molecule has 0 aliphatic carbocycles. The zero-order valence-electron chi connectivity index (χ0n) is 11.9. The standard InChI is InChI=1S/C16H14ClNO4/c1-21-15(20)12-11-6-7-16(22-11)8-18(14(19)13(12)16)10-5-3-2-4-9(10)17/h2-7,11-13H,8H2,1H3/t11-,12+,13+,16-/m1/s1. The number of halogens is 1. The predicted octanol–water partition coefficient (Wildman–Crippen LogP) is 1.80. The molecule has 3 heterocycles. The monoisotopic (exact) mass is 319 g/mol. The van der Waals surface area contributed by atoms with Crippen molar-refractivity contribution < 1.29 is 19.1 Å². The number of anilines is 1. The molecular weight excluding hydrogens is 306 g/mol. The van der Waals surface area contributed by atoms with Gasteiger partial charge in [0.15, 0.2) is 0 Å². The van der Waals surface area contributed by atoms with E-state index >= 15 is 0 Å². The van der Waals surface area contributed by atoms with Gasteiger partial charge in [-0.15, -0.1) is 0 Å². The van der Waals surface area contributed by atoms with Gasteiger partial charge in [0.05, 0.1) is 36.4 Å². The second-order valence-electron chi connectivity index (χ2n) is 5.80. The molecule has 0 aromatic heterocycles. The molecule has 1 aromatic carbocycles. The van der Waals surface area contributed by atoms with Gasteiger partial charge in [0.2, 0.25) is 5.91 Å². The van der Waals surface area contributed by atoms with E-state index in [0.717, 1.165) is 0 Å².